The standard InChI is InChI=1S/H3INOP/c1-4-3-2/h4H,2H2. The van der Waals surface area contributed by atoms with Crippen LogP contribution in [0.5, 0.6) is 0 Å². The first-order valence-corrected chi connectivity index (χ1v) is 4.65. The van der Waals surface area contributed by atoms with Gasteiger partial charge in [0.2, 0.25) is 0 Å². The van der Waals surface area contributed by atoms with Gasteiger partial charge in [-0.1, -0.05) is 0 Å². The molecule has 1 unspecified atom stereocenters. The molecule has 0 bridgehead atoms. The third kappa shape index (κ3) is 3.08. The molecule has 0 aliphatic heterocycles. The van der Waals surface area contributed by atoms with Gasteiger partial charge in [-0.15, -0.1) is 0 Å². The molecule has 0 radical (unpaired) electrons. The van der Waals surface area contributed by atoms with Crippen LogP contribution in [-0.4, -0.2) is 0 Å². The Balaban J connectivity index is 1.97. The van der Waals surface area contributed by atoms with Gasteiger partial charge in [0.25, 0.3) is 0 Å². The van der Waals surface area contributed by atoms with E-state index in [2.05, 4.69) is 10.5 Å². The predicted octanol–water partition coefficient (Wildman–Crippen LogP) is 0.820. The molecule has 0 aromatic carbocycles. The molecule has 4 heteroatoms. The summed E-state index contributed by atoms with van der Waals surface area (Å²) in [4.78, 5) is 0. The lowest BCUT2D eigenvalue weighted by molar-refractivity contribution is 0.395. The van der Waals surface area contributed by atoms with Gasteiger partial charge in [-0.2, -0.15) is 0 Å². The molecule has 0 amide bonds. The Labute approximate surface area is 39.4 Å². The summed E-state index contributed by atoms with van der Waals surface area (Å²) in [5.74, 6) is 4.53. The Hall–Kier alpha value is 1.08. The monoisotopic (exact) mass is 191 g/mol. The molecule has 0 aromatic heterocycles. The van der Waals surface area contributed by atoms with Gasteiger partial charge in [0, 0.05) is 0 Å². The summed E-state index contributed by atoms with van der Waals surface area (Å²) in [5.41, 5.74) is 0. The molecule has 0 heterocycles. The maximum absolute atomic E-state index is 4.53. The highest BCUT2D eigenvalue weighted by atomic mass is 127. The number of nitrogens with two attached hydrogens (primary N) is 1. The first-order chi connectivity index (χ1) is 1.91. The van der Waals surface area contributed by atoms with Gasteiger partial charge in [0.05, 0.1) is 0 Å². The zero-order valence-corrected chi connectivity index (χ0v) is 5.02. The van der Waals surface area contributed by atoms with E-state index < -0.39 is 0 Å². The molecule has 0 fully saturated rings. The highest BCUT2D eigenvalue weighted by molar-refractivity contribution is 14.2. The molecule has 0 aliphatic rings. The average molecular weight is 191 g/mol. The first kappa shape index (κ1) is 5.08. The molecule has 0 aliphatic carbocycles. The molecule has 4 heavy (non-hydrogen) atoms. The van der Waals surface area contributed by atoms with Crippen LogP contribution in [0.2, 0.25) is 0 Å². The Morgan fingerprint density at radius 2 is 2.25 bits per heavy atom. The minimum atomic E-state index is 0.388. The number of rotatable bonds is 1. The van der Waals surface area contributed by atoms with E-state index in [1.807, 2.05) is 22.0 Å². The van der Waals surface area contributed by atoms with Crippen molar-refractivity contribution in [3.05, 3.63) is 0 Å². The summed E-state index contributed by atoms with van der Waals surface area (Å²) in [6.45, 7) is 0.388. The van der Waals surface area contributed by atoms with Crippen molar-refractivity contribution in [2.45, 2.75) is 0 Å². The molecule has 26 valence electrons. The molecule has 1 atom stereocenters. The molecule has 0 spiro atoms. The Kier molecular flexibility index (Phi) is 5.18. The second kappa shape index (κ2) is 4.08. The molecule has 2 nitrogen and oxygen atoms in total. The van der Waals surface area contributed by atoms with Gasteiger partial charge in [-0.05, 0) is 22.0 Å². The minimum absolute atomic E-state index is 0.388. The summed E-state index contributed by atoms with van der Waals surface area (Å²) in [6, 6.07) is 0. The van der Waals surface area contributed by atoms with E-state index >= 15 is 0 Å². The zero-order valence-electron chi connectivity index (χ0n) is 1.86. The quantitative estimate of drug-likeness (QED) is 0.378. The third-order valence-corrected chi connectivity index (χ3v) is 0.896. The summed E-state index contributed by atoms with van der Waals surface area (Å²) >= 11 is 2.03. The van der Waals surface area contributed by atoms with Gasteiger partial charge in [0.1, 0.15) is 6.45 Å². The van der Waals surface area contributed by atoms with Crippen LogP contribution in [-0.2, 0) is 4.62 Å². The Bertz CT molecular complexity index is 10.0. The van der Waals surface area contributed by atoms with E-state index in [1.54, 1.807) is 0 Å². The first-order valence-electron chi connectivity index (χ1n) is 0.629. The number of halogens is 1. The van der Waals surface area contributed by atoms with E-state index in [4.69, 9.17) is 0 Å². The molecule has 0 saturated carbocycles. The van der Waals surface area contributed by atoms with Gasteiger partial charge in [-0.3, -0.25) is 4.62 Å². The van der Waals surface area contributed by atoms with Crippen molar-refractivity contribution in [1.29, 1.82) is 0 Å². The second-order valence-corrected chi connectivity index (χ2v) is 1.91. The fourth-order valence-corrected chi connectivity index (χ4v) is 0. The number of hydrogen-bond acceptors (Lipinski definition) is 2. The predicted molar refractivity (Wildman–Crippen MR) is 27.6 cm³/mol. The smallest absolute Gasteiger partial charge is 0.104 e. The van der Waals surface area contributed by atoms with Crippen molar-refractivity contribution in [2.24, 2.45) is 5.90 Å². The van der Waals surface area contributed by atoms with Crippen LogP contribution in [0.3, 0.4) is 0 Å². The summed E-state index contributed by atoms with van der Waals surface area (Å²) in [7, 11) is 0. The molecule has 0 rings (SSSR count). The molecule has 0 saturated heterocycles. The molecule has 0 aromatic rings. The second-order valence-electron chi connectivity index (χ2n) is 0.195. The van der Waals surface area contributed by atoms with Crippen LogP contribution in [0.15, 0.2) is 0 Å². The van der Waals surface area contributed by atoms with E-state index in [1.165, 1.54) is 0 Å². The lowest BCUT2D eigenvalue weighted by Crippen LogP contribution is -1.79. The average Bonchev–Trinajstić information content (AvgIpc) is 1.37. The van der Waals surface area contributed by atoms with Crippen LogP contribution < -0.4 is 5.90 Å². The topological polar surface area (TPSA) is 35.2 Å². The highest BCUT2D eigenvalue weighted by Gasteiger charge is 1.54. The van der Waals surface area contributed by atoms with Gasteiger partial charge in [0.15, 0.2) is 0 Å². The maximum atomic E-state index is 4.53. The van der Waals surface area contributed by atoms with Crippen LogP contribution in [0.1, 0.15) is 0 Å². The molecular weight excluding hydrogens is 188 g/mol. The summed E-state index contributed by atoms with van der Waals surface area (Å²) in [5, 5.41) is 0. The SMILES string of the molecule is NOPI. The van der Waals surface area contributed by atoms with Crippen molar-refractivity contribution >= 4 is 28.5 Å². The maximum Gasteiger partial charge on any atom is 0.104 e. The molecular formula is H3INOP. The van der Waals surface area contributed by atoms with Crippen molar-refractivity contribution in [3.8, 4) is 0 Å². The van der Waals surface area contributed by atoms with Gasteiger partial charge < -0.3 is 0 Å². The van der Waals surface area contributed by atoms with E-state index in [0.29, 0.717) is 6.45 Å². The van der Waals surface area contributed by atoms with Gasteiger partial charge >= 0.3 is 0 Å². The lowest BCUT2D eigenvalue weighted by Gasteiger charge is -1.73. The van der Waals surface area contributed by atoms with Crippen LogP contribution in [0.25, 0.3) is 0 Å². The highest BCUT2D eigenvalue weighted by Crippen LogP contribution is 2.17. The summed E-state index contributed by atoms with van der Waals surface area (Å²) < 4.78 is 4.06. The van der Waals surface area contributed by atoms with Crippen LogP contribution >= 0.6 is 28.5 Å². The van der Waals surface area contributed by atoms with Crippen molar-refractivity contribution in [3.63, 3.8) is 0 Å². The fourth-order valence-electron chi connectivity index (χ4n) is 0. The van der Waals surface area contributed by atoms with Crippen LogP contribution in [0, 0.1) is 0 Å². The van der Waals surface area contributed by atoms with E-state index in [9.17, 15) is 0 Å². The van der Waals surface area contributed by atoms with Crippen molar-refractivity contribution in [1.82, 2.24) is 0 Å². The zero-order chi connectivity index (χ0) is 3.41. The van der Waals surface area contributed by atoms with Crippen LogP contribution in [0.4, 0.5) is 0 Å². The normalized spacial score (nSPS) is 10.5. The van der Waals surface area contributed by atoms with E-state index in [0.717, 1.165) is 0 Å². The summed E-state index contributed by atoms with van der Waals surface area (Å²) in [6.07, 6.45) is 0. The third-order valence-electron chi connectivity index (χ3n) is 0.0445. The Morgan fingerprint density at radius 3 is 2.25 bits per heavy atom. The van der Waals surface area contributed by atoms with E-state index in [-0.39, 0.29) is 0 Å². The minimum Gasteiger partial charge on any atom is -0.275 e. The largest absolute Gasteiger partial charge is 0.275 e. The molecule has 2 N–H and O–H groups in total. The Morgan fingerprint density at radius 1 is 2.00 bits per heavy atom. The van der Waals surface area contributed by atoms with Gasteiger partial charge in [-0.25, -0.2) is 5.90 Å². The fraction of sp³-hybridized carbons (Fsp3) is 0. The van der Waals surface area contributed by atoms with Crippen molar-refractivity contribution < 1.29 is 4.62 Å². The number of hydrogen-bond donors (Lipinski definition) is 1. The lowest BCUT2D eigenvalue weighted by atomic mass is 13.6. The van der Waals surface area contributed by atoms with Crippen molar-refractivity contribution in [2.75, 3.05) is 0 Å².